The van der Waals surface area contributed by atoms with E-state index in [0.717, 1.165) is 25.1 Å². The summed E-state index contributed by atoms with van der Waals surface area (Å²) in [7, 11) is 1.66. The van der Waals surface area contributed by atoms with Crippen molar-refractivity contribution in [1.29, 1.82) is 0 Å². The van der Waals surface area contributed by atoms with E-state index in [4.69, 9.17) is 16.3 Å². The number of alkyl halides is 1. The molecule has 96 valence electrons. The van der Waals surface area contributed by atoms with Gasteiger partial charge in [0.15, 0.2) is 0 Å². The minimum Gasteiger partial charge on any atom is -0.496 e. The largest absolute Gasteiger partial charge is 0.496 e. The molecule has 2 aromatic rings. The zero-order chi connectivity index (χ0) is 13.3. The molecule has 0 fully saturated rings. The molecule has 0 radical (unpaired) electrons. The number of ether oxygens (including phenoxy) is 1. The molecule has 1 atom stereocenters. The molecule has 0 aliphatic rings. The molecule has 1 unspecified atom stereocenters. The first-order valence-corrected chi connectivity index (χ1v) is 8.10. The molecule has 0 aliphatic carbocycles. The van der Waals surface area contributed by atoms with Crippen molar-refractivity contribution >= 4 is 54.8 Å². The Balaban J connectivity index is 2.45. The predicted molar refractivity (Wildman–Crippen MR) is 85.1 cm³/mol. The highest BCUT2D eigenvalue weighted by atomic mass is 79.9. The Morgan fingerprint density at radius 2 is 1.94 bits per heavy atom. The molecular formula is C13H11Br2ClOS. The lowest BCUT2D eigenvalue weighted by Gasteiger charge is -2.14. The van der Waals surface area contributed by atoms with Crippen molar-refractivity contribution in [2.75, 3.05) is 7.11 Å². The molecule has 1 aromatic heterocycles. The van der Waals surface area contributed by atoms with E-state index in [1.807, 2.05) is 18.2 Å². The lowest BCUT2D eigenvalue weighted by Crippen LogP contribution is -1.97. The highest BCUT2D eigenvalue weighted by Crippen LogP contribution is 2.41. The van der Waals surface area contributed by atoms with Gasteiger partial charge >= 0.3 is 0 Å². The maximum atomic E-state index is 6.58. The Hall–Kier alpha value is -0.0300. The van der Waals surface area contributed by atoms with Gasteiger partial charge in [-0.25, -0.2) is 0 Å². The highest BCUT2D eigenvalue weighted by Gasteiger charge is 2.19. The van der Waals surface area contributed by atoms with Gasteiger partial charge in [0.05, 0.1) is 16.3 Å². The number of rotatable bonds is 3. The molecule has 0 amide bonds. The fraction of sp³-hybridized carbons (Fsp3) is 0.231. The van der Waals surface area contributed by atoms with Crippen molar-refractivity contribution in [3.8, 4) is 5.75 Å². The summed E-state index contributed by atoms with van der Waals surface area (Å²) in [5.74, 6) is 0.797. The van der Waals surface area contributed by atoms with Crippen LogP contribution in [0, 0.1) is 6.92 Å². The van der Waals surface area contributed by atoms with Crippen molar-refractivity contribution < 1.29 is 4.74 Å². The van der Waals surface area contributed by atoms with Crippen LogP contribution in [0.3, 0.4) is 0 Å². The van der Waals surface area contributed by atoms with Crippen molar-refractivity contribution in [2.24, 2.45) is 0 Å². The van der Waals surface area contributed by atoms with E-state index in [-0.39, 0.29) is 5.38 Å². The summed E-state index contributed by atoms with van der Waals surface area (Å²) in [6, 6.07) is 7.97. The average Bonchev–Trinajstić information content (AvgIpc) is 2.67. The highest BCUT2D eigenvalue weighted by molar-refractivity contribution is 9.11. The van der Waals surface area contributed by atoms with E-state index in [9.17, 15) is 0 Å². The number of thiophene rings is 1. The van der Waals surface area contributed by atoms with Crippen LogP contribution in [0.2, 0.25) is 0 Å². The number of benzene rings is 1. The van der Waals surface area contributed by atoms with Crippen LogP contribution in [0.15, 0.2) is 32.5 Å². The first-order chi connectivity index (χ1) is 8.52. The molecule has 1 heterocycles. The smallest absolute Gasteiger partial charge is 0.125 e. The van der Waals surface area contributed by atoms with Gasteiger partial charge in [-0.05, 0) is 46.6 Å². The molecule has 5 heteroatoms. The normalized spacial score (nSPS) is 12.5. The van der Waals surface area contributed by atoms with Crippen molar-refractivity contribution in [3.05, 3.63) is 48.5 Å². The molecule has 0 N–H and O–H groups in total. The summed E-state index contributed by atoms with van der Waals surface area (Å²) in [4.78, 5) is 1.21. The average molecular weight is 411 g/mol. The van der Waals surface area contributed by atoms with E-state index in [2.05, 4.69) is 44.8 Å². The van der Waals surface area contributed by atoms with Gasteiger partial charge in [-0.2, -0.15) is 0 Å². The lowest BCUT2D eigenvalue weighted by atomic mass is 10.0. The van der Waals surface area contributed by atoms with Crippen LogP contribution in [0.4, 0.5) is 0 Å². The fourth-order valence-electron chi connectivity index (χ4n) is 1.77. The molecular weight excluding hydrogens is 399 g/mol. The molecule has 0 aliphatic heterocycles. The third kappa shape index (κ3) is 2.93. The molecule has 18 heavy (non-hydrogen) atoms. The molecule has 1 nitrogen and oxygen atoms in total. The number of methoxy groups -OCH3 is 1. The second-order valence-electron chi connectivity index (χ2n) is 3.81. The van der Waals surface area contributed by atoms with Crippen molar-refractivity contribution in [3.63, 3.8) is 0 Å². The number of hydrogen-bond acceptors (Lipinski definition) is 2. The molecule has 1 aromatic carbocycles. The zero-order valence-electron chi connectivity index (χ0n) is 9.84. The van der Waals surface area contributed by atoms with Gasteiger partial charge in [0.1, 0.15) is 5.75 Å². The Morgan fingerprint density at radius 1 is 1.22 bits per heavy atom. The maximum absolute atomic E-state index is 6.58. The summed E-state index contributed by atoms with van der Waals surface area (Å²) >= 11 is 15.2. The Bertz CT molecular complexity index is 568. The Labute approximate surface area is 132 Å². The van der Waals surface area contributed by atoms with Gasteiger partial charge in [-0.3, -0.25) is 0 Å². The third-order valence-electron chi connectivity index (χ3n) is 2.67. The van der Waals surface area contributed by atoms with Crippen LogP contribution in [-0.2, 0) is 0 Å². The van der Waals surface area contributed by atoms with E-state index >= 15 is 0 Å². The van der Waals surface area contributed by atoms with Crippen LogP contribution in [-0.4, -0.2) is 7.11 Å². The first-order valence-electron chi connectivity index (χ1n) is 5.26. The third-order valence-corrected chi connectivity index (χ3v) is 5.20. The SMILES string of the molecule is COc1cc(Br)ccc1C(Cl)c1cc(Br)sc1C. The van der Waals surface area contributed by atoms with Gasteiger partial charge in [0, 0.05) is 14.9 Å². The van der Waals surface area contributed by atoms with E-state index in [1.165, 1.54) is 4.88 Å². The van der Waals surface area contributed by atoms with Crippen molar-refractivity contribution in [2.45, 2.75) is 12.3 Å². The van der Waals surface area contributed by atoms with Gasteiger partial charge < -0.3 is 4.74 Å². The van der Waals surface area contributed by atoms with Gasteiger partial charge in [-0.1, -0.05) is 22.0 Å². The van der Waals surface area contributed by atoms with E-state index < -0.39 is 0 Å². The van der Waals surface area contributed by atoms with Crippen LogP contribution in [0.5, 0.6) is 5.75 Å². The number of aryl methyl sites for hydroxylation is 1. The quantitative estimate of drug-likeness (QED) is 0.571. The Kier molecular flexibility index (Phi) is 4.75. The molecule has 0 bridgehead atoms. The monoisotopic (exact) mass is 408 g/mol. The van der Waals surface area contributed by atoms with E-state index in [1.54, 1.807) is 18.4 Å². The summed E-state index contributed by atoms with van der Waals surface area (Å²) in [5, 5.41) is -0.199. The van der Waals surface area contributed by atoms with Crippen LogP contribution in [0.1, 0.15) is 21.4 Å². The number of hydrogen-bond donors (Lipinski definition) is 0. The maximum Gasteiger partial charge on any atom is 0.125 e. The zero-order valence-corrected chi connectivity index (χ0v) is 14.6. The van der Waals surface area contributed by atoms with Gasteiger partial charge in [0.25, 0.3) is 0 Å². The summed E-state index contributed by atoms with van der Waals surface area (Å²) < 4.78 is 7.47. The molecule has 0 spiro atoms. The summed E-state index contributed by atoms with van der Waals surface area (Å²) in [6.45, 7) is 2.07. The molecule has 0 saturated heterocycles. The van der Waals surface area contributed by atoms with Crippen molar-refractivity contribution in [1.82, 2.24) is 0 Å². The van der Waals surface area contributed by atoms with Gasteiger partial charge in [-0.15, -0.1) is 22.9 Å². The standard InChI is InChI=1S/C13H11Br2ClOS/c1-7-10(6-12(15)18-7)13(16)9-4-3-8(14)5-11(9)17-2/h3-6,13H,1-2H3. The number of halogens is 3. The summed E-state index contributed by atoms with van der Waals surface area (Å²) in [6.07, 6.45) is 0. The van der Waals surface area contributed by atoms with Crippen LogP contribution < -0.4 is 4.74 Å². The second-order valence-corrected chi connectivity index (χ2v) is 7.80. The fourth-order valence-corrected chi connectivity index (χ4v) is 4.33. The first kappa shape index (κ1) is 14.4. The topological polar surface area (TPSA) is 9.23 Å². The minimum absolute atomic E-state index is 0.199. The predicted octanol–water partition coefficient (Wildman–Crippen LogP) is 5.92. The van der Waals surface area contributed by atoms with Gasteiger partial charge in [0.2, 0.25) is 0 Å². The lowest BCUT2D eigenvalue weighted by molar-refractivity contribution is 0.410. The van der Waals surface area contributed by atoms with Crippen LogP contribution >= 0.6 is 54.8 Å². The Morgan fingerprint density at radius 3 is 2.50 bits per heavy atom. The second kappa shape index (κ2) is 5.95. The summed E-state index contributed by atoms with van der Waals surface area (Å²) in [5.41, 5.74) is 2.10. The van der Waals surface area contributed by atoms with Crippen LogP contribution in [0.25, 0.3) is 0 Å². The van der Waals surface area contributed by atoms with E-state index in [0.29, 0.717) is 0 Å². The molecule has 0 saturated carbocycles. The minimum atomic E-state index is -0.199. The molecule has 2 rings (SSSR count).